The Kier molecular flexibility index (Phi) is 3.04. The minimum Gasteiger partial charge on any atom is -0.497 e. The molecule has 3 rings (SSSR count). The van der Waals surface area contributed by atoms with Gasteiger partial charge in [0, 0.05) is 5.92 Å². The highest BCUT2D eigenvalue weighted by Crippen LogP contribution is 2.50. The Morgan fingerprint density at radius 3 is 3.00 bits per heavy atom. The predicted octanol–water partition coefficient (Wildman–Crippen LogP) is 1.76. The summed E-state index contributed by atoms with van der Waals surface area (Å²) in [5, 5.41) is 9.90. The molecule has 0 saturated carbocycles. The molecule has 0 bridgehead atoms. The van der Waals surface area contributed by atoms with Gasteiger partial charge in [0.15, 0.2) is 0 Å². The lowest BCUT2D eigenvalue weighted by Gasteiger charge is -2.28. The van der Waals surface area contributed by atoms with Crippen LogP contribution in [0.15, 0.2) is 18.2 Å². The smallest absolute Gasteiger partial charge is 0.119 e. The van der Waals surface area contributed by atoms with E-state index in [0.717, 1.165) is 18.6 Å². The quantitative estimate of drug-likeness (QED) is 0.872. The summed E-state index contributed by atoms with van der Waals surface area (Å²) in [6.07, 6.45) is 1.24. The number of methoxy groups -OCH3 is 1. The van der Waals surface area contributed by atoms with Crippen molar-refractivity contribution in [2.75, 3.05) is 7.11 Å². The first kappa shape index (κ1) is 12.9. The van der Waals surface area contributed by atoms with Crippen LogP contribution in [0.5, 0.6) is 5.75 Å². The first-order valence-electron chi connectivity index (χ1n) is 6.90. The molecule has 4 heteroatoms. The van der Waals surface area contributed by atoms with Crippen LogP contribution in [0.1, 0.15) is 31.4 Å². The molecule has 1 aromatic carbocycles. The van der Waals surface area contributed by atoms with E-state index in [1.54, 1.807) is 14.0 Å². The van der Waals surface area contributed by atoms with E-state index in [-0.39, 0.29) is 17.6 Å². The molecule has 2 aliphatic rings. The Hall–Kier alpha value is -1.10. The van der Waals surface area contributed by atoms with Crippen LogP contribution >= 0.6 is 0 Å². The van der Waals surface area contributed by atoms with E-state index in [9.17, 15) is 5.11 Å². The summed E-state index contributed by atoms with van der Waals surface area (Å²) < 4.78 is 5.30. The summed E-state index contributed by atoms with van der Waals surface area (Å²) in [6.45, 7) is 3.95. The lowest BCUT2D eigenvalue weighted by Crippen LogP contribution is -2.39. The van der Waals surface area contributed by atoms with Crippen molar-refractivity contribution in [1.82, 2.24) is 5.48 Å². The predicted molar refractivity (Wildman–Crippen MR) is 71.8 cm³/mol. The molecule has 0 unspecified atom stereocenters. The minimum absolute atomic E-state index is 0.154. The molecule has 1 aliphatic heterocycles. The van der Waals surface area contributed by atoms with Gasteiger partial charge < -0.3 is 9.84 Å². The Morgan fingerprint density at radius 2 is 2.37 bits per heavy atom. The van der Waals surface area contributed by atoms with Crippen LogP contribution in [0.4, 0.5) is 0 Å². The molecule has 1 aromatic rings. The normalized spacial score (nSPS) is 33.9. The van der Waals surface area contributed by atoms with Gasteiger partial charge >= 0.3 is 0 Å². The highest BCUT2D eigenvalue weighted by atomic mass is 16.7. The molecule has 4 nitrogen and oxygen atoms in total. The van der Waals surface area contributed by atoms with Gasteiger partial charge in [0.05, 0.1) is 18.8 Å². The average molecular weight is 263 g/mol. The fourth-order valence-corrected chi connectivity index (χ4v) is 3.65. The van der Waals surface area contributed by atoms with Gasteiger partial charge in [-0.25, -0.2) is 0 Å². The third-order valence-corrected chi connectivity index (χ3v) is 4.67. The van der Waals surface area contributed by atoms with Gasteiger partial charge in [0.1, 0.15) is 11.9 Å². The van der Waals surface area contributed by atoms with E-state index in [0.29, 0.717) is 0 Å². The number of fused-ring (bicyclic) bond motifs is 3. The van der Waals surface area contributed by atoms with Gasteiger partial charge in [0.25, 0.3) is 0 Å². The van der Waals surface area contributed by atoms with Crippen molar-refractivity contribution in [2.45, 2.75) is 44.4 Å². The number of hydrogen-bond donors (Lipinski definition) is 2. The van der Waals surface area contributed by atoms with E-state index >= 15 is 0 Å². The lowest BCUT2D eigenvalue weighted by molar-refractivity contribution is -0.0533. The maximum Gasteiger partial charge on any atom is 0.119 e. The fourth-order valence-electron chi connectivity index (χ4n) is 3.65. The van der Waals surface area contributed by atoms with Gasteiger partial charge in [0.2, 0.25) is 0 Å². The number of ether oxygens (including phenoxy) is 1. The number of nitrogens with one attached hydrogen (secondary N) is 1. The molecule has 1 heterocycles. The van der Waals surface area contributed by atoms with Crippen LogP contribution in [0.25, 0.3) is 0 Å². The number of aliphatic hydroxyl groups is 1. The van der Waals surface area contributed by atoms with Gasteiger partial charge in [-0.1, -0.05) is 13.0 Å². The maximum atomic E-state index is 9.90. The average Bonchev–Trinajstić information content (AvgIpc) is 2.91. The molecular weight excluding hydrogens is 242 g/mol. The molecule has 1 aliphatic carbocycles. The highest BCUT2D eigenvalue weighted by Gasteiger charge is 2.55. The first-order valence-corrected chi connectivity index (χ1v) is 6.90. The summed E-state index contributed by atoms with van der Waals surface area (Å²) in [7, 11) is 1.69. The van der Waals surface area contributed by atoms with Crippen LogP contribution in [0.3, 0.4) is 0 Å². The standard InChI is InChI=1S/C15H21NO3/c1-4-15-12-6-5-11(18-3)7-10(12)8-13(15)14(9(2)17)19-16-15/h5-7,9,13-14,16-17H,4,8H2,1-3H3/t9-,13+,14+,15+/m1/s1. The zero-order valence-corrected chi connectivity index (χ0v) is 11.6. The molecule has 104 valence electrons. The third-order valence-electron chi connectivity index (χ3n) is 4.67. The maximum absolute atomic E-state index is 9.90. The van der Waals surface area contributed by atoms with E-state index in [1.165, 1.54) is 11.1 Å². The van der Waals surface area contributed by atoms with Crippen LogP contribution in [-0.2, 0) is 16.8 Å². The summed E-state index contributed by atoms with van der Waals surface area (Å²) in [5.74, 6) is 1.17. The lowest BCUT2D eigenvalue weighted by atomic mass is 9.79. The Morgan fingerprint density at radius 1 is 1.58 bits per heavy atom. The molecule has 0 aromatic heterocycles. The molecule has 0 radical (unpaired) electrons. The van der Waals surface area contributed by atoms with Crippen molar-refractivity contribution in [3.63, 3.8) is 0 Å². The van der Waals surface area contributed by atoms with Crippen LogP contribution in [0.2, 0.25) is 0 Å². The van der Waals surface area contributed by atoms with Crippen LogP contribution in [-0.4, -0.2) is 24.4 Å². The number of aliphatic hydroxyl groups excluding tert-OH is 1. The monoisotopic (exact) mass is 263 g/mol. The zero-order valence-electron chi connectivity index (χ0n) is 11.6. The van der Waals surface area contributed by atoms with Gasteiger partial charge in [-0.2, -0.15) is 5.48 Å². The van der Waals surface area contributed by atoms with Crippen molar-refractivity contribution < 1.29 is 14.7 Å². The second-order valence-electron chi connectivity index (χ2n) is 5.58. The zero-order chi connectivity index (χ0) is 13.6. The number of hydrogen-bond acceptors (Lipinski definition) is 4. The van der Waals surface area contributed by atoms with Crippen LogP contribution < -0.4 is 10.2 Å². The molecule has 0 amide bonds. The van der Waals surface area contributed by atoms with Gasteiger partial charge in [-0.15, -0.1) is 0 Å². The second kappa shape index (κ2) is 4.47. The first-order chi connectivity index (χ1) is 9.12. The van der Waals surface area contributed by atoms with Gasteiger partial charge in [-0.3, -0.25) is 4.84 Å². The van der Waals surface area contributed by atoms with Crippen molar-refractivity contribution in [3.8, 4) is 5.75 Å². The number of benzene rings is 1. The SMILES string of the molecule is CC[C@@]12NO[C@@H]([C@@H](C)O)[C@@H]1Cc1cc(OC)ccc12. The van der Waals surface area contributed by atoms with E-state index in [4.69, 9.17) is 9.57 Å². The summed E-state index contributed by atoms with van der Waals surface area (Å²) >= 11 is 0. The van der Waals surface area contributed by atoms with Crippen molar-refractivity contribution in [1.29, 1.82) is 0 Å². The second-order valence-corrected chi connectivity index (χ2v) is 5.58. The Bertz CT molecular complexity index is 488. The molecule has 1 fully saturated rings. The summed E-state index contributed by atoms with van der Waals surface area (Å²) in [5.41, 5.74) is 5.62. The largest absolute Gasteiger partial charge is 0.497 e. The van der Waals surface area contributed by atoms with Crippen molar-refractivity contribution in [3.05, 3.63) is 29.3 Å². The van der Waals surface area contributed by atoms with Crippen LogP contribution in [0, 0.1) is 5.92 Å². The van der Waals surface area contributed by atoms with Crippen molar-refractivity contribution in [2.24, 2.45) is 5.92 Å². The summed E-state index contributed by atoms with van der Waals surface area (Å²) in [6, 6.07) is 6.22. The molecule has 4 atom stereocenters. The minimum atomic E-state index is -0.470. The fraction of sp³-hybridized carbons (Fsp3) is 0.600. The third kappa shape index (κ3) is 1.71. The van der Waals surface area contributed by atoms with Gasteiger partial charge in [-0.05, 0) is 43.0 Å². The topological polar surface area (TPSA) is 50.7 Å². The Balaban J connectivity index is 2.04. The molecular formula is C15H21NO3. The summed E-state index contributed by atoms with van der Waals surface area (Å²) in [4.78, 5) is 5.66. The van der Waals surface area contributed by atoms with E-state index in [2.05, 4.69) is 24.5 Å². The molecule has 1 saturated heterocycles. The molecule has 2 N–H and O–H groups in total. The number of rotatable bonds is 3. The molecule has 19 heavy (non-hydrogen) atoms. The highest BCUT2D eigenvalue weighted by molar-refractivity contribution is 5.45. The molecule has 0 spiro atoms. The number of hydroxylamine groups is 1. The Labute approximate surface area is 113 Å². The van der Waals surface area contributed by atoms with Crippen molar-refractivity contribution >= 4 is 0 Å². The van der Waals surface area contributed by atoms with E-state index in [1.807, 2.05) is 6.07 Å². The van der Waals surface area contributed by atoms with E-state index < -0.39 is 6.10 Å².